The molecule has 4 rings (SSSR count). The zero-order chi connectivity index (χ0) is 28.1. The Hall–Kier alpha value is -3.37. The molecule has 3 aromatic rings. The first-order chi connectivity index (χ1) is 18.6. The van der Waals surface area contributed by atoms with E-state index in [9.17, 15) is 14.4 Å². The molecule has 1 fully saturated rings. The molecule has 7 nitrogen and oxygen atoms in total. The Morgan fingerprint density at radius 3 is 2.00 bits per heavy atom. The normalized spacial score (nSPS) is 14.9. The number of thioether (sulfide) groups is 1. The second-order valence-corrected chi connectivity index (χ2v) is 11.4. The van der Waals surface area contributed by atoms with Gasteiger partial charge in [0, 0.05) is 41.2 Å². The molecule has 0 aromatic heterocycles. The van der Waals surface area contributed by atoms with Gasteiger partial charge in [0.2, 0.25) is 11.8 Å². The summed E-state index contributed by atoms with van der Waals surface area (Å²) in [6, 6.07) is 19.6. The van der Waals surface area contributed by atoms with Crippen molar-refractivity contribution in [3.05, 3.63) is 93.3 Å². The van der Waals surface area contributed by atoms with E-state index in [0.717, 1.165) is 23.0 Å². The molecule has 2 N–H and O–H groups in total. The lowest BCUT2D eigenvalue weighted by molar-refractivity contribution is -0.132. The number of rotatable bonds is 8. The lowest BCUT2D eigenvalue weighted by Gasteiger charge is -2.25. The molecule has 0 radical (unpaired) electrons. The third-order valence-corrected chi connectivity index (χ3v) is 7.60. The molecule has 200 valence electrons. The number of benzene rings is 3. The third-order valence-electron chi connectivity index (χ3n) is 5.76. The summed E-state index contributed by atoms with van der Waals surface area (Å²) in [5.74, 6) is -1.47. The molecule has 39 heavy (non-hydrogen) atoms. The maximum absolute atomic E-state index is 13.5. The number of thiocarbonyl (C=S) groups is 1. The van der Waals surface area contributed by atoms with Crippen molar-refractivity contribution in [3.8, 4) is 0 Å². The minimum Gasteiger partial charge on any atom is -0.378 e. The van der Waals surface area contributed by atoms with Crippen LogP contribution in [0.1, 0.15) is 12.0 Å². The number of hydrogen-bond acceptors (Lipinski definition) is 6. The van der Waals surface area contributed by atoms with Crippen LogP contribution in [-0.2, 0) is 14.4 Å². The fourth-order valence-corrected chi connectivity index (χ4v) is 5.36. The van der Waals surface area contributed by atoms with Gasteiger partial charge in [-0.25, -0.2) is 0 Å². The first kappa shape index (κ1) is 28.6. The van der Waals surface area contributed by atoms with Crippen molar-refractivity contribution in [2.24, 2.45) is 0 Å². The Morgan fingerprint density at radius 1 is 0.923 bits per heavy atom. The van der Waals surface area contributed by atoms with Crippen LogP contribution in [0.3, 0.4) is 0 Å². The van der Waals surface area contributed by atoms with Crippen LogP contribution in [0.15, 0.2) is 77.7 Å². The summed E-state index contributed by atoms with van der Waals surface area (Å²) in [6.45, 7) is 0. The number of nitrogens with one attached hydrogen (secondary N) is 2. The van der Waals surface area contributed by atoms with Crippen molar-refractivity contribution in [1.29, 1.82) is 0 Å². The van der Waals surface area contributed by atoms with Gasteiger partial charge in [-0.2, -0.15) is 0 Å². The number of carbonyl (C=O) groups excluding carboxylic acids is 3. The highest BCUT2D eigenvalue weighted by molar-refractivity contribution is 8.26. The second-order valence-electron chi connectivity index (χ2n) is 8.81. The minimum atomic E-state index is -1.19. The number of amides is 3. The smallest absolute Gasteiger partial charge is 0.266 e. The molecular formula is C28H24Cl2N4O3S2. The van der Waals surface area contributed by atoms with Gasteiger partial charge in [-0.1, -0.05) is 59.3 Å². The SMILES string of the molecule is CN(C)c1ccc(/C=C2\SC(=S)N(C(CC(=O)Nc3ccc(Cl)cc3)C(=O)Nc3ccc(Cl)cc3)C2=O)cc1. The minimum absolute atomic E-state index is 0.187. The number of halogens is 2. The van der Waals surface area contributed by atoms with Crippen molar-refractivity contribution < 1.29 is 14.4 Å². The van der Waals surface area contributed by atoms with Crippen LogP contribution < -0.4 is 15.5 Å². The first-order valence-electron chi connectivity index (χ1n) is 11.8. The molecule has 3 aromatic carbocycles. The van der Waals surface area contributed by atoms with Gasteiger partial charge in [-0.05, 0) is 72.3 Å². The molecule has 1 atom stereocenters. The van der Waals surface area contributed by atoms with Crippen molar-refractivity contribution in [2.75, 3.05) is 29.6 Å². The lowest BCUT2D eigenvalue weighted by atomic mass is 10.1. The van der Waals surface area contributed by atoms with Crippen LogP contribution in [-0.4, -0.2) is 47.1 Å². The fraction of sp³-hybridized carbons (Fsp3) is 0.143. The monoisotopic (exact) mass is 598 g/mol. The average molecular weight is 600 g/mol. The summed E-state index contributed by atoms with van der Waals surface area (Å²) in [7, 11) is 3.89. The maximum Gasteiger partial charge on any atom is 0.266 e. The van der Waals surface area contributed by atoms with Crippen LogP contribution in [0.2, 0.25) is 10.0 Å². The van der Waals surface area contributed by atoms with Gasteiger partial charge in [-0.3, -0.25) is 19.3 Å². The zero-order valence-electron chi connectivity index (χ0n) is 21.0. The summed E-state index contributed by atoms with van der Waals surface area (Å²) in [5, 5.41) is 6.54. The third kappa shape index (κ3) is 7.39. The summed E-state index contributed by atoms with van der Waals surface area (Å²) in [4.78, 5) is 43.5. The van der Waals surface area contributed by atoms with E-state index in [2.05, 4.69) is 10.6 Å². The van der Waals surface area contributed by atoms with Crippen LogP contribution in [0.4, 0.5) is 17.1 Å². The van der Waals surface area contributed by atoms with Crippen molar-refractivity contribution in [2.45, 2.75) is 12.5 Å². The van der Waals surface area contributed by atoms with Gasteiger partial charge in [-0.15, -0.1) is 0 Å². The first-order valence-corrected chi connectivity index (χ1v) is 13.7. The van der Waals surface area contributed by atoms with Crippen LogP contribution in [0.5, 0.6) is 0 Å². The molecule has 1 heterocycles. The lowest BCUT2D eigenvalue weighted by Crippen LogP contribution is -2.48. The molecule has 0 bridgehead atoms. The highest BCUT2D eigenvalue weighted by atomic mass is 35.5. The molecular weight excluding hydrogens is 575 g/mol. The van der Waals surface area contributed by atoms with Gasteiger partial charge in [0.05, 0.1) is 11.3 Å². The molecule has 1 unspecified atom stereocenters. The average Bonchev–Trinajstić information content (AvgIpc) is 3.17. The van der Waals surface area contributed by atoms with E-state index in [4.69, 9.17) is 35.4 Å². The van der Waals surface area contributed by atoms with Crippen LogP contribution in [0, 0.1) is 0 Å². The van der Waals surface area contributed by atoms with Crippen molar-refractivity contribution >= 4 is 92.4 Å². The van der Waals surface area contributed by atoms with E-state index in [-0.39, 0.29) is 10.7 Å². The van der Waals surface area contributed by atoms with Crippen LogP contribution >= 0.6 is 47.2 Å². The zero-order valence-corrected chi connectivity index (χ0v) is 24.1. The van der Waals surface area contributed by atoms with E-state index in [1.54, 1.807) is 54.6 Å². The number of carbonyl (C=O) groups is 3. The Morgan fingerprint density at radius 2 is 1.46 bits per heavy atom. The molecule has 1 aliphatic heterocycles. The Labute approximate surface area is 246 Å². The van der Waals surface area contributed by atoms with Gasteiger partial charge in [0.15, 0.2) is 0 Å². The second kappa shape index (κ2) is 12.7. The molecule has 1 saturated heterocycles. The Kier molecular flexibility index (Phi) is 9.29. The molecule has 0 saturated carbocycles. The van der Waals surface area contributed by atoms with Crippen molar-refractivity contribution in [1.82, 2.24) is 4.90 Å². The summed E-state index contributed by atoms with van der Waals surface area (Å²) >= 11 is 18.5. The summed E-state index contributed by atoms with van der Waals surface area (Å²) < 4.78 is 0.187. The Bertz CT molecular complexity index is 1430. The van der Waals surface area contributed by atoms with E-state index >= 15 is 0 Å². The molecule has 11 heteroatoms. The van der Waals surface area contributed by atoms with Crippen LogP contribution in [0.25, 0.3) is 6.08 Å². The number of hydrogen-bond donors (Lipinski definition) is 2. The van der Waals surface area contributed by atoms with E-state index < -0.39 is 23.8 Å². The molecule has 3 amide bonds. The van der Waals surface area contributed by atoms with Gasteiger partial charge >= 0.3 is 0 Å². The maximum atomic E-state index is 13.5. The van der Waals surface area contributed by atoms with E-state index in [1.807, 2.05) is 43.3 Å². The predicted molar refractivity (Wildman–Crippen MR) is 164 cm³/mol. The largest absolute Gasteiger partial charge is 0.378 e. The van der Waals surface area contributed by atoms with Crippen molar-refractivity contribution in [3.63, 3.8) is 0 Å². The summed E-state index contributed by atoms with van der Waals surface area (Å²) in [5.41, 5.74) is 2.80. The molecule has 0 spiro atoms. The summed E-state index contributed by atoms with van der Waals surface area (Å²) in [6.07, 6.45) is 1.40. The Balaban J connectivity index is 1.58. The molecule has 1 aliphatic rings. The highest BCUT2D eigenvalue weighted by Crippen LogP contribution is 2.35. The van der Waals surface area contributed by atoms with Gasteiger partial charge in [0.1, 0.15) is 10.4 Å². The highest BCUT2D eigenvalue weighted by Gasteiger charge is 2.41. The quantitative estimate of drug-likeness (QED) is 0.234. The predicted octanol–water partition coefficient (Wildman–Crippen LogP) is 6.30. The van der Waals surface area contributed by atoms with E-state index in [0.29, 0.717) is 26.3 Å². The van der Waals surface area contributed by atoms with Gasteiger partial charge in [0.25, 0.3) is 5.91 Å². The fourth-order valence-electron chi connectivity index (χ4n) is 3.75. The van der Waals surface area contributed by atoms with Gasteiger partial charge < -0.3 is 15.5 Å². The topological polar surface area (TPSA) is 81.8 Å². The molecule has 0 aliphatic carbocycles. The standard InChI is InChI=1S/C28H24Cl2N4O3S2/c1-33(2)22-13-3-17(4-14-22)15-24-27(37)34(28(38)39-24)23(26(36)32-21-11-7-19(30)8-12-21)16-25(35)31-20-9-5-18(29)6-10-20/h3-15,23H,16H2,1-2H3,(H,31,35)(H,32,36)/b24-15-. The number of anilines is 3. The number of nitrogens with zero attached hydrogens (tertiary/aromatic N) is 2. The van der Waals surface area contributed by atoms with E-state index in [1.165, 1.54) is 4.90 Å².